The Labute approximate surface area is 149 Å². The zero-order valence-corrected chi connectivity index (χ0v) is 14.7. The molecule has 1 aromatic heterocycles. The molecule has 25 heavy (non-hydrogen) atoms. The minimum Gasteiger partial charge on any atom is -0.494 e. The number of rotatable bonds is 8. The second-order valence-corrected chi connectivity index (χ2v) is 6.27. The number of hydrogen-bond donors (Lipinski definition) is 1. The van der Waals surface area contributed by atoms with Gasteiger partial charge in [-0.3, -0.25) is 0 Å². The van der Waals surface area contributed by atoms with Crippen molar-refractivity contribution in [1.29, 1.82) is 0 Å². The van der Waals surface area contributed by atoms with Gasteiger partial charge in [0.2, 0.25) is 0 Å². The lowest BCUT2D eigenvalue weighted by molar-refractivity contribution is 0.305. The van der Waals surface area contributed by atoms with Crippen LogP contribution in [0.1, 0.15) is 44.0 Å². The van der Waals surface area contributed by atoms with Gasteiger partial charge in [0.15, 0.2) is 0 Å². The maximum Gasteiger partial charge on any atom is 0.135 e. The van der Waals surface area contributed by atoms with Gasteiger partial charge < -0.3 is 10.5 Å². The van der Waals surface area contributed by atoms with E-state index in [1.54, 1.807) is 0 Å². The number of hydrogen-bond acceptors (Lipinski definition) is 4. The number of anilines is 1. The molecule has 0 fully saturated rings. The van der Waals surface area contributed by atoms with Crippen LogP contribution < -0.4 is 10.5 Å². The normalized spacial score (nSPS) is 10.9. The first kappa shape index (κ1) is 17.2. The number of nitrogen functional groups attached to an aromatic ring is 1. The summed E-state index contributed by atoms with van der Waals surface area (Å²) in [5.74, 6) is 2.19. The van der Waals surface area contributed by atoms with Crippen molar-refractivity contribution in [2.24, 2.45) is 0 Å². The molecule has 0 saturated heterocycles. The van der Waals surface area contributed by atoms with Crippen molar-refractivity contribution in [3.63, 3.8) is 0 Å². The topological polar surface area (TPSA) is 61.0 Å². The van der Waals surface area contributed by atoms with Gasteiger partial charge in [-0.25, -0.2) is 9.97 Å². The summed E-state index contributed by atoms with van der Waals surface area (Å²) in [5, 5.41) is 0.901. The molecule has 0 saturated carbocycles. The van der Waals surface area contributed by atoms with Gasteiger partial charge in [-0.2, -0.15) is 0 Å². The molecule has 0 radical (unpaired) electrons. The lowest BCUT2D eigenvalue weighted by Gasteiger charge is -2.08. The maximum atomic E-state index is 6.05. The van der Waals surface area contributed by atoms with E-state index in [2.05, 4.69) is 29.0 Å². The molecule has 3 aromatic rings. The summed E-state index contributed by atoms with van der Waals surface area (Å²) in [5.41, 5.74) is 8.09. The Morgan fingerprint density at radius 3 is 2.52 bits per heavy atom. The molecule has 4 heteroatoms. The molecule has 2 aromatic carbocycles. The SMILES string of the molecule is CCCCCCOc1ccc(Cc2nc(N)c3ccccc3n2)cc1. The van der Waals surface area contributed by atoms with Crippen LogP contribution in [-0.2, 0) is 6.42 Å². The molecule has 4 nitrogen and oxygen atoms in total. The summed E-state index contributed by atoms with van der Waals surface area (Å²) in [6.45, 7) is 3.00. The van der Waals surface area contributed by atoms with Crippen LogP contribution in [0.25, 0.3) is 10.9 Å². The van der Waals surface area contributed by atoms with Crippen molar-refractivity contribution < 1.29 is 4.74 Å². The van der Waals surface area contributed by atoms with E-state index >= 15 is 0 Å². The summed E-state index contributed by atoms with van der Waals surface area (Å²) in [4.78, 5) is 9.04. The molecule has 0 aliphatic rings. The molecule has 0 amide bonds. The first-order valence-corrected chi connectivity index (χ1v) is 8.99. The van der Waals surface area contributed by atoms with Crippen molar-refractivity contribution in [3.8, 4) is 5.75 Å². The molecule has 130 valence electrons. The largest absolute Gasteiger partial charge is 0.494 e. The lowest BCUT2D eigenvalue weighted by atomic mass is 10.1. The minimum atomic E-state index is 0.535. The highest BCUT2D eigenvalue weighted by Crippen LogP contribution is 2.19. The van der Waals surface area contributed by atoms with Crippen LogP contribution in [0.5, 0.6) is 5.75 Å². The van der Waals surface area contributed by atoms with Gasteiger partial charge in [0.1, 0.15) is 17.4 Å². The number of benzene rings is 2. The molecule has 0 atom stereocenters. The van der Waals surface area contributed by atoms with Crippen molar-refractivity contribution in [1.82, 2.24) is 9.97 Å². The number of unbranched alkanes of at least 4 members (excludes halogenated alkanes) is 3. The van der Waals surface area contributed by atoms with Crippen molar-refractivity contribution in [2.75, 3.05) is 12.3 Å². The second-order valence-electron chi connectivity index (χ2n) is 6.27. The zero-order chi connectivity index (χ0) is 17.5. The predicted molar refractivity (Wildman–Crippen MR) is 103 cm³/mol. The standard InChI is InChI=1S/C21H25N3O/c1-2-3-4-7-14-25-17-12-10-16(11-13-17)15-20-23-19-9-6-5-8-18(19)21(22)24-20/h5-6,8-13H,2-4,7,14-15H2,1H3,(H2,22,23,24). The molecule has 3 rings (SSSR count). The number of para-hydroxylation sites is 1. The van der Waals surface area contributed by atoms with Gasteiger partial charge in [-0.05, 0) is 36.2 Å². The highest BCUT2D eigenvalue weighted by atomic mass is 16.5. The lowest BCUT2D eigenvalue weighted by Crippen LogP contribution is -2.02. The third kappa shape index (κ3) is 4.69. The van der Waals surface area contributed by atoms with E-state index in [1.165, 1.54) is 19.3 Å². The molecule has 2 N–H and O–H groups in total. The number of fused-ring (bicyclic) bond motifs is 1. The molecular formula is C21H25N3O. The van der Waals surface area contributed by atoms with Crippen LogP contribution in [0.4, 0.5) is 5.82 Å². The molecule has 0 bridgehead atoms. The van der Waals surface area contributed by atoms with Crippen molar-refractivity contribution >= 4 is 16.7 Å². The Hall–Kier alpha value is -2.62. The van der Waals surface area contributed by atoms with Crippen molar-refractivity contribution in [2.45, 2.75) is 39.0 Å². The average molecular weight is 335 g/mol. The van der Waals surface area contributed by atoms with E-state index in [0.717, 1.165) is 41.1 Å². The van der Waals surface area contributed by atoms with Crippen LogP contribution in [0.15, 0.2) is 48.5 Å². The van der Waals surface area contributed by atoms with Crippen molar-refractivity contribution in [3.05, 3.63) is 59.9 Å². The molecule has 0 aliphatic heterocycles. The van der Waals surface area contributed by atoms with E-state index in [9.17, 15) is 0 Å². The van der Waals surface area contributed by atoms with Gasteiger partial charge in [-0.1, -0.05) is 50.5 Å². The van der Waals surface area contributed by atoms with E-state index in [0.29, 0.717) is 12.2 Å². The van der Waals surface area contributed by atoms with Gasteiger partial charge in [0.25, 0.3) is 0 Å². The van der Waals surface area contributed by atoms with E-state index < -0.39 is 0 Å². The molecule has 0 aliphatic carbocycles. The predicted octanol–water partition coefficient (Wildman–Crippen LogP) is 4.76. The Morgan fingerprint density at radius 2 is 1.72 bits per heavy atom. The minimum absolute atomic E-state index is 0.535. The highest BCUT2D eigenvalue weighted by molar-refractivity contribution is 5.87. The third-order valence-electron chi connectivity index (χ3n) is 4.23. The number of nitrogens with two attached hydrogens (primary N) is 1. The van der Waals surface area contributed by atoms with Crippen LogP contribution in [-0.4, -0.2) is 16.6 Å². The average Bonchev–Trinajstić information content (AvgIpc) is 2.63. The first-order valence-electron chi connectivity index (χ1n) is 8.99. The molecular weight excluding hydrogens is 310 g/mol. The van der Waals surface area contributed by atoms with Crippen LogP contribution in [0, 0.1) is 0 Å². The zero-order valence-electron chi connectivity index (χ0n) is 14.7. The Morgan fingerprint density at radius 1 is 0.920 bits per heavy atom. The quantitative estimate of drug-likeness (QED) is 0.603. The summed E-state index contributed by atoms with van der Waals surface area (Å²) >= 11 is 0. The van der Waals surface area contributed by atoms with Gasteiger partial charge in [0.05, 0.1) is 12.1 Å². The third-order valence-corrected chi connectivity index (χ3v) is 4.23. The fourth-order valence-corrected chi connectivity index (χ4v) is 2.84. The second kappa shape index (κ2) is 8.47. The maximum absolute atomic E-state index is 6.05. The van der Waals surface area contributed by atoms with Crippen LogP contribution >= 0.6 is 0 Å². The van der Waals surface area contributed by atoms with E-state index in [4.69, 9.17) is 10.5 Å². The molecule has 0 spiro atoms. The van der Waals surface area contributed by atoms with Gasteiger partial charge in [0, 0.05) is 11.8 Å². The van der Waals surface area contributed by atoms with Gasteiger partial charge in [-0.15, -0.1) is 0 Å². The smallest absolute Gasteiger partial charge is 0.135 e. The van der Waals surface area contributed by atoms with Crippen LogP contribution in [0.3, 0.4) is 0 Å². The summed E-state index contributed by atoms with van der Waals surface area (Å²) in [7, 11) is 0. The van der Waals surface area contributed by atoms with E-state index in [1.807, 2.05) is 36.4 Å². The molecule has 0 unspecified atom stereocenters. The fourth-order valence-electron chi connectivity index (χ4n) is 2.84. The summed E-state index contributed by atoms with van der Waals surface area (Å²) < 4.78 is 5.78. The Kier molecular flexibility index (Phi) is 5.83. The number of ether oxygens (including phenoxy) is 1. The molecule has 1 heterocycles. The van der Waals surface area contributed by atoms with Crippen LogP contribution in [0.2, 0.25) is 0 Å². The van der Waals surface area contributed by atoms with Gasteiger partial charge >= 0.3 is 0 Å². The summed E-state index contributed by atoms with van der Waals surface area (Å²) in [6, 6.07) is 16.0. The summed E-state index contributed by atoms with van der Waals surface area (Å²) in [6.07, 6.45) is 5.52. The van der Waals surface area contributed by atoms with E-state index in [-0.39, 0.29) is 0 Å². The number of nitrogens with zero attached hydrogens (tertiary/aromatic N) is 2. The fraction of sp³-hybridized carbons (Fsp3) is 0.333. The number of aromatic nitrogens is 2. The Bertz CT molecular complexity index is 815. The monoisotopic (exact) mass is 335 g/mol. The first-order chi connectivity index (χ1) is 12.3. The highest BCUT2D eigenvalue weighted by Gasteiger charge is 2.06. The Balaban J connectivity index is 1.61.